The number of rotatable bonds is 27. The molecule has 0 aliphatic carbocycles. The highest BCUT2D eigenvalue weighted by Crippen LogP contribution is 2.48. The minimum absolute atomic E-state index is 0. The highest BCUT2D eigenvalue weighted by molar-refractivity contribution is 6.34. The van der Waals surface area contributed by atoms with Gasteiger partial charge in [0.2, 0.25) is 0 Å². The third-order valence-corrected chi connectivity index (χ3v) is 12.8. The molecule has 0 spiro atoms. The molecule has 0 heterocycles. The fourth-order valence-corrected chi connectivity index (χ4v) is 7.79. The molecule has 4 nitrogen and oxygen atoms in total. The van der Waals surface area contributed by atoms with Crippen molar-refractivity contribution in [1.29, 1.82) is 0 Å². The smallest absolute Gasteiger partial charge is 0.333 e. The van der Waals surface area contributed by atoms with E-state index in [1.165, 1.54) is 109 Å². The standard InChI is InChI=1S/C34H72NO3Si2.ClH/c1-10-11-12-13-14-15-16-17-18-19-20-21-22-25-31(26-23-28-37-32(36)30(2)3)33(4,5)34(6,7)35(8,9)27-24-29-40-38-39;/h31H,2,10-29,40H2,1,3-9,39H3;1H/q+1;/p-1. The number of ether oxygens (including phenoxy) is 1. The van der Waals surface area contributed by atoms with E-state index in [1.807, 2.05) is 0 Å². The molecular weight excluding hydrogens is 562 g/mol. The SMILES string of the molecule is C=C(C)C(=O)OCCCC(CCCCCCCCCCCCCCC)C(C)(C)C(C)(C)[N+](C)(C)CCC[SiH2]O[SiH3].[Cl-]. The average molecular weight is 635 g/mol. The summed E-state index contributed by atoms with van der Waals surface area (Å²) in [4.78, 5) is 11.9. The number of esters is 1. The number of hydrogen-bond acceptors (Lipinski definition) is 3. The summed E-state index contributed by atoms with van der Waals surface area (Å²) in [5, 5.41) is 0. The van der Waals surface area contributed by atoms with E-state index >= 15 is 0 Å². The fourth-order valence-electron chi connectivity index (χ4n) is 6.20. The maximum absolute atomic E-state index is 11.9. The van der Waals surface area contributed by atoms with Crippen LogP contribution < -0.4 is 12.4 Å². The van der Waals surface area contributed by atoms with Crippen LogP contribution in [0.2, 0.25) is 6.04 Å². The molecule has 0 aromatic heterocycles. The van der Waals surface area contributed by atoms with Crippen LogP contribution in [0, 0.1) is 11.3 Å². The van der Waals surface area contributed by atoms with Crippen molar-refractivity contribution >= 4 is 26.2 Å². The Morgan fingerprint density at radius 3 is 1.76 bits per heavy atom. The maximum Gasteiger partial charge on any atom is 0.333 e. The first-order chi connectivity index (χ1) is 18.8. The molecule has 1 unspecified atom stereocenters. The molecule has 0 aromatic carbocycles. The van der Waals surface area contributed by atoms with Gasteiger partial charge in [0.25, 0.3) is 0 Å². The van der Waals surface area contributed by atoms with Crippen LogP contribution in [0.3, 0.4) is 0 Å². The molecule has 0 aromatic rings. The molecule has 41 heavy (non-hydrogen) atoms. The van der Waals surface area contributed by atoms with Crippen LogP contribution >= 0.6 is 0 Å². The summed E-state index contributed by atoms with van der Waals surface area (Å²) in [6, 6.07) is 1.29. The maximum atomic E-state index is 11.9. The number of hydrogen-bond donors (Lipinski definition) is 0. The minimum Gasteiger partial charge on any atom is -1.00 e. The van der Waals surface area contributed by atoms with E-state index in [-0.39, 0.29) is 39.1 Å². The number of carbonyl (C=O) groups is 1. The topological polar surface area (TPSA) is 35.5 Å². The zero-order valence-electron chi connectivity index (χ0n) is 29.2. The number of unbranched alkanes of at least 4 members (excludes halogenated alkanes) is 12. The first kappa shape index (κ1) is 43.0. The van der Waals surface area contributed by atoms with E-state index in [0.29, 0.717) is 18.1 Å². The van der Waals surface area contributed by atoms with Gasteiger partial charge in [-0.3, -0.25) is 0 Å². The summed E-state index contributed by atoms with van der Waals surface area (Å²) >= 11 is 0. The Morgan fingerprint density at radius 2 is 1.29 bits per heavy atom. The van der Waals surface area contributed by atoms with Crippen molar-refractivity contribution in [1.82, 2.24) is 0 Å². The second-order valence-corrected chi connectivity index (χ2v) is 17.6. The fraction of sp³-hybridized carbons (Fsp3) is 0.912. The molecule has 0 bridgehead atoms. The van der Waals surface area contributed by atoms with Crippen LogP contribution in [-0.2, 0) is 13.6 Å². The van der Waals surface area contributed by atoms with Gasteiger partial charge < -0.3 is 25.7 Å². The summed E-state index contributed by atoms with van der Waals surface area (Å²) in [6.07, 6.45) is 22.7. The minimum atomic E-state index is -0.293. The lowest BCUT2D eigenvalue weighted by Gasteiger charge is -2.56. The molecule has 0 saturated heterocycles. The third kappa shape index (κ3) is 17.7. The molecule has 0 saturated carbocycles. The molecule has 0 radical (unpaired) electrons. The summed E-state index contributed by atoms with van der Waals surface area (Å²) in [6.45, 7) is 19.4. The number of halogens is 1. The Kier molecular flexibility index (Phi) is 25.4. The quantitative estimate of drug-likeness (QED) is 0.0417. The molecule has 0 rings (SSSR count). The first-order valence-electron chi connectivity index (χ1n) is 17.0. The zero-order valence-corrected chi connectivity index (χ0v) is 33.4. The van der Waals surface area contributed by atoms with Crippen molar-refractivity contribution in [2.45, 2.75) is 162 Å². The highest BCUT2D eigenvalue weighted by Gasteiger charge is 2.52. The van der Waals surface area contributed by atoms with Crippen molar-refractivity contribution in [3.63, 3.8) is 0 Å². The van der Waals surface area contributed by atoms with Crippen molar-refractivity contribution in [3.05, 3.63) is 12.2 Å². The average Bonchev–Trinajstić information content (AvgIpc) is 2.89. The van der Waals surface area contributed by atoms with Gasteiger partial charge in [-0.1, -0.05) is 111 Å². The van der Waals surface area contributed by atoms with Crippen LogP contribution in [0.4, 0.5) is 0 Å². The van der Waals surface area contributed by atoms with Crippen LogP contribution in [-0.4, -0.2) is 63.5 Å². The van der Waals surface area contributed by atoms with Gasteiger partial charge in [-0.05, 0) is 58.4 Å². The Balaban J connectivity index is 0. The van der Waals surface area contributed by atoms with Crippen LogP contribution in [0.1, 0.15) is 151 Å². The number of quaternary nitrogens is 1. The Hall–Kier alpha value is -0.146. The summed E-state index contributed by atoms with van der Waals surface area (Å²) in [7, 11) is 5.47. The lowest BCUT2D eigenvalue weighted by atomic mass is 9.61. The van der Waals surface area contributed by atoms with Crippen molar-refractivity contribution in [3.8, 4) is 0 Å². The molecule has 1 atom stereocenters. The third-order valence-electron chi connectivity index (χ3n) is 10.4. The number of nitrogens with zero attached hydrogens (tertiary/aromatic N) is 1. The van der Waals surface area contributed by atoms with Gasteiger partial charge in [0.1, 0.15) is 20.2 Å². The first-order valence-corrected chi connectivity index (χ1v) is 19.4. The van der Waals surface area contributed by atoms with E-state index in [1.54, 1.807) is 6.92 Å². The second-order valence-electron chi connectivity index (χ2n) is 14.2. The van der Waals surface area contributed by atoms with Gasteiger partial charge in [-0.15, -0.1) is 0 Å². The van der Waals surface area contributed by atoms with Gasteiger partial charge in [-0.25, -0.2) is 4.79 Å². The molecule has 246 valence electrons. The number of carbonyl (C=O) groups excluding carboxylic acids is 1. The van der Waals surface area contributed by atoms with E-state index in [2.05, 4.69) is 55.3 Å². The Morgan fingerprint density at radius 1 is 0.829 bits per heavy atom. The van der Waals surface area contributed by atoms with E-state index in [4.69, 9.17) is 8.85 Å². The zero-order chi connectivity index (χ0) is 30.5. The molecule has 0 aliphatic rings. The van der Waals surface area contributed by atoms with E-state index in [9.17, 15) is 4.79 Å². The van der Waals surface area contributed by atoms with E-state index < -0.39 is 0 Å². The van der Waals surface area contributed by atoms with Crippen LogP contribution in [0.25, 0.3) is 0 Å². The molecule has 0 N–H and O–H groups in total. The molecule has 0 fully saturated rings. The van der Waals surface area contributed by atoms with Crippen molar-refractivity contribution < 1.29 is 30.5 Å². The predicted molar refractivity (Wildman–Crippen MR) is 183 cm³/mol. The van der Waals surface area contributed by atoms with Gasteiger partial charge in [0.15, 0.2) is 0 Å². The molecule has 0 aliphatic heterocycles. The molecule has 7 heteroatoms. The molecule has 0 amide bonds. The lowest BCUT2D eigenvalue weighted by Crippen LogP contribution is -3.00. The normalized spacial score (nSPS) is 13.5. The monoisotopic (exact) mass is 633 g/mol. The molecular formula is C34H72ClNO3Si2. The Labute approximate surface area is 269 Å². The van der Waals surface area contributed by atoms with Crippen LogP contribution in [0.5, 0.6) is 0 Å². The van der Waals surface area contributed by atoms with Gasteiger partial charge in [-0.2, -0.15) is 0 Å². The lowest BCUT2D eigenvalue weighted by molar-refractivity contribution is -0.947. The van der Waals surface area contributed by atoms with Gasteiger partial charge in [0.05, 0.1) is 32.8 Å². The van der Waals surface area contributed by atoms with E-state index in [0.717, 1.165) is 27.8 Å². The van der Waals surface area contributed by atoms with Crippen LogP contribution in [0.15, 0.2) is 12.2 Å². The predicted octanol–water partition coefficient (Wildman–Crippen LogP) is 5.06. The summed E-state index contributed by atoms with van der Waals surface area (Å²) in [5.41, 5.74) is 0.784. The van der Waals surface area contributed by atoms with Gasteiger partial charge in [0, 0.05) is 11.0 Å². The van der Waals surface area contributed by atoms with Gasteiger partial charge >= 0.3 is 5.97 Å². The largest absolute Gasteiger partial charge is 1.00 e. The highest BCUT2D eigenvalue weighted by atomic mass is 35.5. The summed E-state index contributed by atoms with van der Waals surface area (Å²) in [5.74, 6) is 0.350. The van der Waals surface area contributed by atoms with Crippen molar-refractivity contribution in [2.24, 2.45) is 11.3 Å². The van der Waals surface area contributed by atoms with Crippen molar-refractivity contribution in [2.75, 3.05) is 27.2 Å². The Bertz CT molecular complexity index is 670. The summed E-state index contributed by atoms with van der Waals surface area (Å²) < 4.78 is 12.1. The second kappa shape index (κ2) is 24.2.